The van der Waals surface area contributed by atoms with Gasteiger partial charge >= 0.3 is 0 Å². The van der Waals surface area contributed by atoms with Crippen LogP contribution in [0, 0.1) is 20.8 Å². The summed E-state index contributed by atoms with van der Waals surface area (Å²) in [6.45, 7) is 0. The summed E-state index contributed by atoms with van der Waals surface area (Å²) < 4.78 is 0. The van der Waals surface area contributed by atoms with Crippen molar-refractivity contribution in [3.8, 4) is 5.40 Å². The SMILES string of the molecule is N#CSc1c(N)ccc([N+](=O)[O-])c1N. The molecular formula is C7H6N4O2S. The van der Waals surface area contributed by atoms with E-state index in [2.05, 4.69) is 0 Å². The summed E-state index contributed by atoms with van der Waals surface area (Å²) in [5.74, 6) is 0. The zero-order valence-corrected chi connectivity index (χ0v) is 7.75. The Kier molecular flexibility index (Phi) is 2.79. The van der Waals surface area contributed by atoms with Crippen LogP contribution < -0.4 is 11.5 Å². The predicted octanol–water partition coefficient (Wildman–Crippen LogP) is 1.33. The molecule has 14 heavy (non-hydrogen) atoms. The maximum Gasteiger partial charge on any atom is 0.293 e. The number of nitro groups is 1. The van der Waals surface area contributed by atoms with E-state index in [0.29, 0.717) is 11.8 Å². The van der Waals surface area contributed by atoms with Crippen LogP contribution in [0.4, 0.5) is 17.1 Å². The van der Waals surface area contributed by atoms with E-state index in [9.17, 15) is 10.1 Å². The molecule has 0 amide bonds. The van der Waals surface area contributed by atoms with Gasteiger partial charge in [-0.25, -0.2) is 0 Å². The highest BCUT2D eigenvalue weighted by Crippen LogP contribution is 2.36. The number of nitro benzene ring substituents is 1. The number of anilines is 2. The van der Waals surface area contributed by atoms with Gasteiger partial charge in [0.25, 0.3) is 5.69 Å². The summed E-state index contributed by atoms with van der Waals surface area (Å²) in [6.07, 6.45) is 0. The van der Waals surface area contributed by atoms with Crippen molar-refractivity contribution >= 4 is 28.8 Å². The number of nitriles is 1. The largest absolute Gasteiger partial charge is 0.398 e. The first-order chi connectivity index (χ1) is 6.57. The maximum absolute atomic E-state index is 10.5. The van der Waals surface area contributed by atoms with Crippen LogP contribution in [0.25, 0.3) is 0 Å². The van der Waals surface area contributed by atoms with Gasteiger partial charge in [0.1, 0.15) is 11.1 Å². The van der Waals surface area contributed by atoms with Gasteiger partial charge < -0.3 is 11.5 Å². The normalized spacial score (nSPS) is 9.36. The van der Waals surface area contributed by atoms with Crippen molar-refractivity contribution in [3.05, 3.63) is 22.2 Å². The van der Waals surface area contributed by atoms with Gasteiger partial charge in [0.2, 0.25) is 0 Å². The lowest BCUT2D eigenvalue weighted by Gasteiger charge is -2.04. The number of nitrogens with zero attached hydrogens (tertiary/aromatic N) is 2. The molecule has 0 fully saturated rings. The molecule has 0 unspecified atom stereocenters. The van der Waals surface area contributed by atoms with Gasteiger partial charge in [-0.2, -0.15) is 5.26 Å². The fourth-order valence-corrected chi connectivity index (χ4v) is 1.42. The van der Waals surface area contributed by atoms with Gasteiger partial charge in [0.15, 0.2) is 0 Å². The van der Waals surface area contributed by atoms with E-state index in [0.717, 1.165) is 0 Å². The minimum absolute atomic E-state index is 0.0680. The number of hydrogen-bond donors (Lipinski definition) is 2. The van der Waals surface area contributed by atoms with Crippen LogP contribution >= 0.6 is 11.8 Å². The molecular weight excluding hydrogens is 204 g/mol. The Labute approximate surface area is 83.6 Å². The third kappa shape index (κ3) is 1.70. The Morgan fingerprint density at radius 3 is 2.64 bits per heavy atom. The van der Waals surface area contributed by atoms with Crippen LogP contribution in [-0.4, -0.2) is 4.92 Å². The van der Waals surface area contributed by atoms with Crippen LogP contribution in [0.3, 0.4) is 0 Å². The lowest BCUT2D eigenvalue weighted by molar-refractivity contribution is -0.384. The fourth-order valence-electron chi connectivity index (χ4n) is 0.925. The Morgan fingerprint density at radius 1 is 1.50 bits per heavy atom. The van der Waals surface area contributed by atoms with Gasteiger partial charge in [0, 0.05) is 11.8 Å². The van der Waals surface area contributed by atoms with E-state index in [1.54, 1.807) is 5.40 Å². The molecule has 72 valence electrons. The average molecular weight is 210 g/mol. The zero-order valence-electron chi connectivity index (χ0n) is 6.93. The van der Waals surface area contributed by atoms with E-state index < -0.39 is 4.92 Å². The molecule has 1 aromatic rings. The summed E-state index contributed by atoms with van der Waals surface area (Å²) in [6, 6.07) is 2.57. The van der Waals surface area contributed by atoms with E-state index in [4.69, 9.17) is 16.7 Å². The monoisotopic (exact) mass is 210 g/mol. The van der Waals surface area contributed by atoms with Gasteiger partial charge in [-0.1, -0.05) is 0 Å². The lowest BCUT2D eigenvalue weighted by atomic mass is 10.2. The molecule has 0 atom stereocenters. The van der Waals surface area contributed by atoms with E-state index >= 15 is 0 Å². The standard InChI is InChI=1S/C7H6N4O2S/c8-3-14-7-4(9)1-2-5(6(7)10)11(12)13/h1-2H,9-10H2. The molecule has 0 heterocycles. The third-order valence-corrected chi connectivity index (χ3v) is 2.30. The first-order valence-electron chi connectivity index (χ1n) is 3.46. The molecule has 1 aromatic carbocycles. The van der Waals surface area contributed by atoms with Crippen molar-refractivity contribution in [3.63, 3.8) is 0 Å². The molecule has 4 N–H and O–H groups in total. The molecule has 0 aliphatic rings. The molecule has 0 aliphatic carbocycles. The zero-order chi connectivity index (χ0) is 10.7. The first-order valence-corrected chi connectivity index (χ1v) is 4.28. The third-order valence-electron chi connectivity index (χ3n) is 1.55. The second kappa shape index (κ2) is 3.85. The number of nitrogen functional groups attached to an aromatic ring is 2. The van der Waals surface area contributed by atoms with Crippen LogP contribution in [0.5, 0.6) is 0 Å². The van der Waals surface area contributed by atoms with Gasteiger partial charge in [-0.05, 0) is 17.8 Å². The number of nitrogens with two attached hydrogens (primary N) is 2. The summed E-state index contributed by atoms with van der Waals surface area (Å²) in [7, 11) is 0. The first kappa shape index (κ1) is 10.1. The number of rotatable bonds is 2. The molecule has 0 spiro atoms. The van der Waals surface area contributed by atoms with Crippen molar-refractivity contribution in [2.45, 2.75) is 4.90 Å². The number of thioether (sulfide) groups is 1. The van der Waals surface area contributed by atoms with Crippen molar-refractivity contribution in [2.75, 3.05) is 11.5 Å². The topological polar surface area (TPSA) is 119 Å². The summed E-state index contributed by atoms with van der Waals surface area (Å²) >= 11 is 0.711. The molecule has 0 radical (unpaired) electrons. The second-order valence-electron chi connectivity index (χ2n) is 2.37. The lowest BCUT2D eigenvalue weighted by Crippen LogP contribution is -2.00. The molecule has 1 rings (SSSR count). The van der Waals surface area contributed by atoms with E-state index in [-0.39, 0.29) is 22.0 Å². The van der Waals surface area contributed by atoms with Crippen molar-refractivity contribution in [1.29, 1.82) is 5.26 Å². The number of benzene rings is 1. The molecule has 0 saturated carbocycles. The minimum Gasteiger partial charge on any atom is -0.398 e. The van der Waals surface area contributed by atoms with Crippen LogP contribution in [0.1, 0.15) is 0 Å². The smallest absolute Gasteiger partial charge is 0.293 e. The van der Waals surface area contributed by atoms with Crippen LogP contribution in [0.15, 0.2) is 17.0 Å². The predicted molar refractivity (Wildman–Crippen MR) is 53.4 cm³/mol. The molecule has 0 aromatic heterocycles. The number of hydrogen-bond acceptors (Lipinski definition) is 6. The van der Waals surface area contributed by atoms with E-state index in [1.165, 1.54) is 12.1 Å². The van der Waals surface area contributed by atoms with Gasteiger partial charge in [-0.3, -0.25) is 10.1 Å². The fraction of sp³-hybridized carbons (Fsp3) is 0. The second-order valence-corrected chi connectivity index (χ2v) is 3.16. The molecule has 0 aliphatic heterocycles. The van der Waals surface area contributed by atoms with Crippen molar-refractivity contribution in [1.82, 2.24) is 0 Å². The van der Waals surface area contributed by atoms with Crippen molar-refractivity contribution in [2.24, 2.45) is 0 Å². The quantitative estimate of drug-likeness (QED) is 0.250. The Balaban J connectivity index is 3.35. The molecule has 6 nitrogen and oxygen atoms in total. The van der Waals surface area contributed by atoms with Gasteiger partial charge in [0.05, 0.1) is 9.82 Å². The highest BCUT2D eigenvalue weighted by Gasteiger charge is 2.17. The summed E-state index contributed by atoms with van der Waals surface area (Å²) in [5, 5.41) is 20.7. The molecule has 0 bridgehead atoms. The van der Waals surface area contributed by atoms with Crippen LogP contribution in [0.2, 0.25) is 0 Å². The molecule has 0 saturated heterocycles. The van der Waals surface area contributed by atoms with Crippen LogP contribution in [-0.2, 0) is 0 Å². The Morgan fingerprint density at radius 2 is 2.14 bits per heavy atom. The summed E-state index contributed by atoms with van der Waals surface area (Å²) in [4.78, 5) is 10.1. The molecule has 7 heteroatoms. The highest BCUT2D eigenvalue weighted by molar-refractivity contribution is 8.04. The van der Waals surface area contributed by atoms with Gasteiger partial charge in [-0.15, -0.1) is 0 Å². The average Bonchev–Trinajstić information content (AvgIpc) is 2.11. The Hall–Kier alpha value is -1.94. The number of thiocyanates is 1. The van der Waals surface area contributed by atoms with E-state index in [1.807, 2.05) is 0 Å². The summed E-state index contributed by atoms with van der Waals surface area (Å²) in [5.41, 5.74) is 10.9. The highest BCUT2D eigenvalue weighted by atomic mass is 32.2. The maximum atomic E-state index is 10.5. The minimum atomic E-state index is -0.615. The van der Waals surface area contributed by atoms with Crippen molar-refractivity contribution < 1.29 is 4.92 Å². The Bertz CT molecular complexity index is 426.